The summed E-state index contributed by atoms with van der Waals surface area (Å²) in [7, 11) is -4.10. The first-order chi connectivity index (χ1) is 19.6. The number of halogens is 1. The minimum Gasteiger partial charge on any atom is -0.352 e. The van der Waals surface area contributed by atoms with Crippen molar-refractivity contribution < 1.29 is 18.0 Å². The number of aryl methyl sites for hydroxylation is 2. The molecule has 0 radical (unpaired) electrons. The van der Waals surface area contributed by atoms with Crippen molar-refractivity contribution in [3.05, 3.63) is 94.5 Å². The number of hydrogen-bond acceptors (Lipinski definition) is 4. The molecule has 2 amide bonds. The number of sulfonamides is 1. The lowest BCUT2D eigenvalue weighted by Gasteiger charge is -2.33. The molecule has 3 aromatic carbocycles. The van der Waals surface area contributed by atoms with Crippen LogP contribution in [0.4, 0.5) is 5.69 Å². The van der Waals surface area contributed by atoms with Crippen LogP contribution in [0.3, 0.4) is 0 Å². The van der Waals surface area contributed by atoms with E-state index < -0.39 is 28.5 Å². The van der Waals surface area contributed by atoms with Crippen molar-refractivity contribution in [2.24, 2.45) is 0 Å². The largest absolute Gasteiger partial charge is 0.352 e. The summed E-state index contributed by atoms with van der Waals surface area (Å²) in [6.07, 6.45) is 5.12. The van der Waals surface area contributed by atoms with Crippen molar-refractivity contribution in [2.75, 3.05) is 10.8 Å². The average Bonchev–Trinajstić information content (AvgIpc) is 2.97. The van der Waals surface area contributed by atoms with Gasteiger partial charge in [0.25, 0.3) is 10.0 Å². The quantitative estimate of drug-likeness (QED) is 0.311. The van der Waals surface area contributed by atoms with Crippen molar-refractivity contribution in [2.45, 2.75) is 76.4 Å². The van der Waals surface area contributed by atoms with E-state index in [-0.39, 0.29) is 23.4 Å². The van der Waals surface area contributed by atoms with E-state index in [0.717, 1.165) is 53.1 Å². The number of nitrogens with zero attached hydrogens (tertiary/aromatic N) is 2. The van der Waals surface area contributed by atoms with Crippen LogP contribution in [0.1, 0.15) is 55.7 Å². The summed E-state index contributed by atoms with van der Waals surface area (Å²) in [6.45, 7) is 5.05. The van der Waals surface area contributed by atoms with Crippen LogP contribution in [0.5, 0.6) is 0 Å². The number of amides is 2. The molecule has 9 heteroatoms. The van der Waals surface area contributed by atoms with Crippen molar-refractivity contribution in [3.8, 4) is 0 Å². The molecule has 1 N–H and O–H groups in total. The Morgan fingerprint density at radius 2 is 1.61 bits per heavy atom. The number of hydrogen-bond donors (Lipinski definition) is 1. The third-order valence-electron chi connectivity index (χ3n) is 7.63. The maximum atomic E-state index is 14.1. The minimum absolute atomic E-state index is 0.0797. The highest BCUT2D eigenvalue weighted by atomic mass is 35.5. The second-order valence-corrected chi connectivity index (χ2v) is 13.1. The summed E-state index contributed by atoms with van der Waals surface area (Å²) in [5.74, 6) is -0.727. The van der Waals surface area contributed by atoms with Gasteiger partial charge in [-0.05, 0) is 80.6 Å². The molecule has 0 saturated heterocycles. The van der Waals surface area contributed by atoms with Crippen LogP contribution in [0.2, 0.25) is 5.02 Å². The van der Waals surface area contributed by atoms with Crippen LogP contribution in [0, 0.1) is 13.8 Å². The van der Waals surface area contributed by atoms with Gasteiger partial charge in [0, 0.05) is 17.6 Å². The predicted molar refractivity (Wildman–Crippen MR) is 163 cm³/mol. The van der Waals surface area contributed by atoms with Crippen LogP contribution in [0.25, 0.3) is 0 Å². The van der Waals surface area contributed by atoms with Gasteiger partial charge < -0.3 is 10.2 Å². The van der Waals surface area contributed by atoms with Gasteiger partial charge in [-0.3, -0.25) is 13.9 Å². The molecule has 0 heterocycles. The molecule has 218 valence electrons. The zero-order chi connectivity index (χ0) is 29.6. The Labute approximate surface area is 248 Å². The minimum atomic E-state index is -4.10. The molecule has 1 atom stereocenters. The molecule has 1 fully saturated rings. The van der Waals surface area contributed by atoms with Crippen molar-refractivity contribution >= 4 is 39.1 Å². The van der Waals surface area contributed by atoms with Gasteiger partial charge in [-0.15, -0.1) is 0 Å². The van der Waals surface area contributed by atoms with Crippen LogP contribution < -0.4 is 9.62 Å². The molecular formula is C32H38ClN3O4S. The van der Waals surface area contributed by atoms with Crippen LogP contribution >= 0.6 is 11.6 Å². The lowest BCUT2D eigenvalue weighted by Crippen LogP contribution is -2.53. The molecule has 3 aromatic rings. The molecule has 7 nitrogen and oxygen atoms in total. The standard InChI is InChI=1S/C32H38ClN3O4S/c1-23-14-15-24(2)30(20-23)36(41(39,40)29-12-8-5-9-13-29)22-31(37)35(21-26-16-18-27(33)19-17-26)25(3)32(38)34-28-10-6-4-7-11-28/h5,8-9,12-20,25,28H,4,6-7,10-11,21-22H2,1-3H3,(H,34,38)/t25-/m1/s1. The van der Waals surface area contributed by atoms with Gasteiger partial charge in [-0.25, -0.2) is 8.42 Å². The van der Waals surface area contributed by atoms with Gasteiger partial charge in [0.1, 0.15) is 12.6 Å². The number of nitrogens with one attached hydrogen (secondary N) is 1. The van der Waals surface area contributed by atoms with E-state index in [9.17, 15) is 18.0 Å². The Balaban J connectivity index is 1.69. The highest BCUT2D eigenvalue weighted by Crippen LogP contribution is 2.28. The van der Waals surface area contributed by atoms with Crippen molar-refractivity contribution in [3.63, 3.8) is 0 Å². The third kappa shape index (κ3) is 7.68. The van der Waals surface area contributed by atoms with E-state index in [2.05, 4.69) is 5.32 Å². The highest BCUT2D eigenvalue weighted by molar-refractivity contribution is 7.92. The number of carbonyl (C=O) groups excluding carboxylic acids is 2. The summed E-state index contributed by atoms with van der Waals surface area (Å²) in [5.41, 5.74) is 2.79. The molecule has 0 unspecified atom stereocenters. The summed E-state index contributed by atoms with van der Waals surface area (Å²) >= 11 is 6.09. The molecule has 1 aliphatic rings. The van der Waals surface area contributed by atoms with E-state index >= 15 is 0 Å². The zero-order valence-corrected chi connectivity index (χ0v) is 25.4. The van der Waals surface area contributed by atoms with E-state index in [4.69, 9.17) is 11.6 Å². The smallest absolute Gasteiger partial charge is 0.264 e. The van der Waals surface area contributed by atoms with E-state index in [0.29, 0.717) is 10.7 Å². The lowest BCUT2D eigenvalue weighted by molar-refractivity contribution is -0.139. The molecule has 4 rings (SSSR count). The average molecular weight is 596 g/mol. The molecule has 0 aliphatic heterocycles. The number of carbonyl (C=O) groups is 2. The van der Waals surface area contributed by atoms with Gasteiger partial charge in [-0.2, -0.15) is 0 Å². The third-order valence-corrected chi connectivity index (χ3v) is 9.65. The van der Waals surface area contributed by atoms with E-state index in [1.54, 1.807) is 55.5 Å². The molecule has 1 aliphatic carbocycles. The van der Waals surface area contributed by atoms with Crippen LogP contribution in [0.15, 0.2) is 77.7 Å². The fraction of sp³-hybridized carbons (Fsp3) is 0.375. The summed E-state index contributed by atoms with van der Waals surface area (Å²) < 4.78 is 29.1. The molecule has 0 bridgehead atoms. The molecule has 0 aromatic heterocycles. The maximum Gasteiger partial charge on any atom is 0.264 e. The van der Waals surface area contributed by atoms with Crippen LogP contribution in [-0.2, 0) is 26.2 Å². The molecular weight excluding hydrogens is 558 g/mol. The number of rotatable bonds is 10. The van der Waals surface area contributed by atoms with Gasteiger partial charge in [-0.1, -0.05) is 73.3 Å². The Morgan fingerprint density at radius 1 is 0.951 bits per heavy atom. The first-order valence-electron chi connectivity index (χ1n) is 14.1. The maximum absolute atomic E-state index is 14.1. The lowest BCUT2D eigenvalue weighted by atomic mass is 9.95. The summed E-state index contributed by atoms with van der Waals surface area (Å²) in [5, 5.41) is 3.68. The van der Waals surface area contributed by atoms with Crippen molar-refractivity contribution in [1.82, 2.24) is 10.2 Å². The number of benzene rings is 3. The van der Waals surface area contributed by atoms with Gasteiger partial charge in [0.2, 0.25) is 11.8 Å². The predicted octanol–water partition coefficient (Wildman–Crippen LogP) is 6.02. The summed E-state index contributed by atoms with van der Waals surface area (Å²) in [6, 6.07) is 19.9. The van der Waals surface area contributed by atoms with Gasteiger partial charge in [0.15, 0.2) is 0 Å². The number of anilines is 1. The molecule has 1 saturated carbocycles. The second-order valence-electron chi connectivity index (χ2n) is 10.8. The SMILES string of the molecule is Cc1ccc(C)c(N(CC(=O)N(Cc2ccc(Cl)cc2)[C@H](C)C(=O)NC2CCCCC2)S(=O)(=O)c2ccccc2)c1. The topological polar surface area (TPSA) is 86.8 Å². The van der Waals surface area contributed by atoms with Crippen molar-refractivity contribution in [1.29, 1.82) is 0 Å². The van der Waals surface area contributed by atoms with E-state index in [1.807, 2.05) is 26.0 Å². The second kappa shape index (κ2) is 13.5. The fourth-order valence-corrected chi connectivity index (χ4v) is 6.78. The Hall–Kier alpha value is -3.36. The monoisotopic (exact) mass is 595 g/mol. The van der Waals surface area contributed by atoms with Crippen LogP contribution in [-0.4, -0.2) is 43.8 Å². The summed E-state index contributed by atoms with van der Waals surface area (Å²) in [4.78, 5) is 29.1. The first kappa shape index (κ1) is 30.6. The Bertz CT molecular complexity index is 1460. The first-order valence-corrected chi connectivity index (χ1v) is 15.9. The Morgan fingerprint density at radius 3 is 2.27 bits per heavy atom. The normalized spacial score (nSPS) is 14.7. The molecule has 0 spiro atoms. The Kier molecular flexibility index (Phi) is 10.1. The van der Waals surface area contributed by atoms with Gasteiger partial charge in [0.05, 0.1) is 10.6 Å². The molecule has 41 heavy (non-hydrogen) atoms. The van der Waals surface area contributed by atoms with Gasteiger partial charge >= 0.3 is 0 Å². The van der Waals surface area contributed by atoms with E-state index in [1.165, 1.54) is 17.0 Å². The zero-order valence-electron chi connectivity index (χ0n) is 23.8. The highest BCUT2D eigenvalue weighted by Gasteiger charge is 2.33. The fourth-order valence-electron chi connectivity index (χ4n) is 5.16.